The molecule has 6 heteroatoms. The van der Waals surface area contributed by atoms with E-state index in [1.807, 2.05) is 0 Å². The van der Waals surface area contributed by atoms with E-state index in [9.17, 15) is 14.4 Å². The maximum Gasteiger partial charge on any atom is 0.306 e. The van der Waals surface area contributed by atoms with E-state index in [-0.39, 0.29) is 31.1 Å². The molecule has 0 heterocycles. The van der Waals surface area contributed by atoms with Crippen LogP contribution in [0.3, 0.4) is 0 Å². The number of hydrogen-bond donors (Lipinski definition) is 0. The van der Waals surface area contributed by atoms with Crippen molar-refractivity contribution in [3.05, 3.63) is 85.1 Å². The highest BCUT2D eigenvalue weighted by atomic mass is 16.6. The molecule has 0 bridgehead atoms. The molecule has 0 aromatic heterocycles. The predicted molar refractivity (Wildman–Crippen MR) is 265 cm³/mol. The highest BCUT2D eigenvalue weighted by molar-refractivity contribution is 5.71. The number of allylic oxidation sites excluding steroid dienone is 14. The Balaban J connectivity index is 4.18. The van der Waals surface area contributed by atoms with E-state index in [1.165, 1.54) is 64.2 Å². The van der Waals surface area contributed by atoms with Gasteiger partial charge in [0, 0.05) is 19.3 Å². The standard InChI is InChI=1S/C56H94O6/c1-4-7-10-13-15-17-19-21-23-24-25-26-27-28-29-30-31-32-33-35-36-38-40-43-46-49-55(58)61-52-53(51-60-54(57)48-45-42-12-9-6-3)62-56(59)50-47-44-41-39-37-34-22-20-18-16-14-11-8-5-2/h7,10,15,17,20-23,25-26,28-29,31-32,53H,4-6,8-9,11-14,16,18-19,24,27,30,33-52H2,1-3H3/b10-7-,17-15-,22-20-,23-21-,26-25-,29-28-,32-31-. The Morgan fingerprint density at radius 3 is 1.00 bits per heavy atom. The van der Waals surface area contributed by atoms with Gasteiger partial charge in [-0.15, -0.1) is 0 Å². The van der Waals surface area contributed by atoms with Crippen LogP contribution in [0.4, 0.5) is 0 Å². The van der Waals surface area contributed by atoms with E-state index in [0.717, 1.165) is 128 Å². The lowest BCUT2D eigenvalue weighted by atomic mass is 10.1. The fourth-order valence-electron chi connectivity index (χ4n) is 6.79. The largest absolute Gasteiger partial charge is 0.462 e. The number of ether oxygens (including phenoxy) is 3. The number of carbonyl (C=O) groups excluding carboxylic acids is 3. The van der Waals surface area contributed by atoms with Gasteiger partial charge in [-0.05, 0) is 96.3 Å². The zero-order valence-corrected chi connectivity index (χ0v) is 40.4. The molecule has 0 rings (SSSR count). The SMILES string of the molecule is CC/C=C\C/C=C\C/C=C\C/C=C\C/C=C\C/C=C\CCCCCCCCC(=O)OCC(COC(=O)CCCCCCC)OC(=O)CCCCCCC/C=C\CCCCCCC. The van der Waals surface area contributed by atoms with Crippen molar-refractivity contribution in [3.63, 3.8) is 0 Å². The topological polar surface area (TPSA) is 78.9 Å². The van der Waals surface area contributed by atoms with Gasteiger partial charge >= 0.3 is 17.9 Å². The van der Waals surface area contributed by atoms with Crippen LogP contribution >= 0.6 is 0 Å². The molecule has 0 aromatic carbocycles. The molecular weight excluding hydrogens is 769 g/mol. The summed E-state index contributed by atoms with van der Waals surface area (Å²) in [4.78, 5) is 37.6. The maximum atomic E-state index is 12.7. The first-order chi connectivity index (χ1) is 30.5. The minimum Gasteiger partial charge on any atom is -0.462 e. The quantitative estimate of drug-likeness (QED) is 0.0263. The van der Waals surface area contributed by atoms with E-state index in [4.69, 9.17) is 14.2 Å². The molecule has 0 aliphatic heterocycles. The summed E-state index contributed by atoms with van der Waals surface area (Å²) in [6.45, 7) is 6.40. The van der Waals surface area contributed by atoms with Crippen molar-refractivity contribution >= 4 is 17.9 Å². The van der Waals surface area contributed by atoms with Crippen molar-refractivity contribution in [2.24, 2.45) is 0 Å². The van der Waals surface area contributed by atoms with Gasteiger partial charge in [0.15, 0.2) is 6.10 Å². The number of rotatable bonds is 45. The Labute approximate surface area is 382 Å². The van der Waals surface area contributed by atoms with E-state index in [1.54, 1.807) is 0 Å². The fourth-order valence-corrected chi connectivity index (χ4v) is 6.79. The van der Waals surface area contributed by atoms with Gasteiger partial charge in [0.2, 0.25) is 0 Å². The molecular formula is C56H94O6. The average molecular weight is 863 g/mol. The van der Waals surface area contributed by atoms with Gasteiger partial charge in [0.25, 0.3) is 0 Å². The molecule has 1 atom stereocenters. The molecule has 1 unspecified atom stereocenters. The van der Waals surface area contributed by atoms with Crippen LogP contribution in [0.25, 0.3) is 0 Å². The van der Waals surface area contributed by atoms with Gasteiger partial charge in [-0.25, -0.2) is 0 Å². The second-order valence-corrected chi connectivity index (χ2v) is 16.7. The third-order valence-corrected chi connectivity index (χ3v) is 10.6. The summed E-state index contributed by atoms with van der Waals surface area (Å²) in [7, 11) is 0. The minimum atomic E-state index is -0.782. The van der Waals surface area contributed by atoms with Crippen LogP contribution in [0.1, 0.15) is 233 Å². The lowest BCUT2D eigenvalue weighted by Gasteiger charge is -2.18. The normalized spacial score (nSPS) is 12.8. The average Bonchev–Trinajstić information content (AvgIpc) is 3.27. The smallest absolute Gasteiger partial charge is 0.306 e. The molecule has 354 valence electrons. The molecule has 0 aromatic rings. The lowest BCUT2D eigenvalue weighted by Crippen LogP contribution is -2.30. The second kappa shape index (κ2) is 50.2. The van der Waals surface area contributed by atoms with Crippen LogP contribution < -0.4 is 0 Å². The summed E-state index contributed by atoms with van der Waals surface area (Å²) in [5.41, 5.74) is 0. The summed E-state index contributed by atoms with van der Waals surface area (Å²) in [5, 5.41) is 0. The molecule has 62 heavy (non-hydrogen) atoms. The van der Waals surface area contributed by atoms with Crippen molar-refractivity contribution in [2.75, 3.05) is 13.2 Å². The van der Waals surface area contributed by atoms with Gasteiger partial charge in [-0.3, -0.25) is 14.4 Å². The van der Waals surface area contributed by atoms with E-state index in [2.05, 4.69) is 106 Å². The molecule has 0 fully saturated rings. The summed E-state index contributed by atoms with van der Waals surface area (Å²) in [5.74, 6) is -0.926. The van der Waals surface area contributed by atoms with Crippen molar-refractivity contribution in [3.8, 4) is 0 Å². The molecule has 0 aliphatic carbocycles. The van der Waals surface area contributed by atoms with Crippen LogP contribution in [0, 0.1) is 0 Å². The summed E-state index contributed by atoms with van der Waals surface area (Å²) >= 11 is 0. The second-order valence-electron chi connectivity index (χ2n) is 16.7. The maximum absolute atomic E-state index is 12.7. The first kappa shape index (κ1) is 58.6. The van der Waals surface area contributed by atoms with Gasteiger partial charge in [-0.1, -0.05) is 202 Å². The number of esters is 3. The summed E-state index contributed by atoms with van der Waals surface area (Å²) in [6, 6.07) is 0. The molecule has 6 nitrogen and oxygen atoms in total. The third kappa shape index (κ3) is 47.6. The lowest BCUT2D eigenvalue weighted by molar-refractivity contribution is -0.167. The summed E-state index contributed by atoms with van der Waals surface area (Å²) < 4.78 is 16.6. The van der Waals surface area contributed by atoms with Crippen LogP contribution in [-0.4, -0.2) is 37.2 Å². The molecule has 0 saturated carbocycles. The zero-order valence-electron chi connectivity index (χ0n) is 40.4. The van der Waals surface area contributed by atoms with Crippen molar-refractivity contribution in [2.45, 2.75) is 239 Å². The van der Waals surface area contributed by atoms with E-state index >= 15 is 0 Å². The molecule has 0 aliphatic rings. The third-order valence-electron chi connectivity index (χ3n) is 10.6. The highest BCUT2D eigenvalue weighted by Crippen LogP contribution is 2.13. The molecule has 0 N–H and O–H groups in total. The Hall–Kier alpha value is -3.41. The van der Waals surface area contributed by atoms with Crippen LogP contribution in [0.2, 0.25) is 0 Å². The first-order valence-corrected chi connectivity index (χ1v) is 25.6. The van der Waals surface area contributed by atoms with Gasteiger partial charge in [-0.2, -0.15) is 0 Å². The van der Waals surface area contributed by atoms with Gasteiger partial charge < -0.3 is 14.2 Å². The number of carbonyl (C=O) groups is 3. The Kier molecular flexibility index (Phi) is 47.5. The zero-order chi connectivity index (χ0) is 45.1. The van der Waals surface area contributed by atoms with Crippen molar-refractivity contribution in [1.29, 1.82) is 0 Å². The Morgan fingerprint density at radius 2 is 0.629 bits per heavy atom. The first-order valence-electron chi connectivity index (χ1n) is 25.6. The van der Waals surface area contributed by atoms with Crippen molar-refractivity contribution < 1.29 is 28.6 Å². The van der Waals surface area contributed by atoms with Gasteiger partial charge in [0.1, 0.15) is 13.2 Å². The minimum absolute atomic E-state index is 0.0857. The number of unbranched alkanes of at least 4 members (excludes halogenated alkanes) is 20. The molecule has 0 amide bonds. The Morgan fingerprint density at radius 1 is 0.339 bits per heavy atom. The summed E-state index contributed by atoms with van der Waals surface area (Å²) in [6.07, 6.45) is 64.6. The fraction of sp³-hybridized carbons (Fsp3) is 0.696. The predicted octanol–water partition coefficient (Wildman–Crippen LogP) is 16.8. The monoisotopic (exact) mass is 863 g/mol. The molecule has 0 saturated heterocycles. The molecule has 0 radical (unpaired) electrons. The molecule has 0 spiro atoms. The van der Waals surface area contributed by atoms with E-state index in [0.29, 0.717) is 19.3 Å². The number of hydrogen-bond acceptors (Lipinski definition) is 6. The van der Waals surface area contributed by atoms with Crippen LogP contribution in [0.5, 0.6) is 0 Å². The van der Waals surface area contributed by atoms with Crippen molar-refractivity contribution in [1.82, 2.24) is 0 Å². The Bertz CT molecular complexity index is 1220. The highest BCUT2D eigenvalue weighted by Gasteiger charge is 2.19. The van der Waals surface area contributed by atoms with Crippen LogP contribution in [0.15, 0.2) is 85.1 Å². The van der Waals surface area contributed by atoms with Crippen LogP contribution in [-0.2, 0) is 28.6 Å². The van der Waals surface area contributed by atoms with Gasteiger partial charge in [0.05, 0.1) is 0 Å². The van der Waals surface area contributed by atoms with E-state index < -0.39 is 6.10 Å².